The van der Waals surface area contributed by atoms with Gasteiger partial charge in [0.2, 0.25) is 5.89 Å². The minimum atomic E-state index is 0.263. The summed E-state index contributed by atoms with van der Waals surface area (Å²) in [4.78, 5) is 6.80. The summed E-state index contributed by atoms with van der Waals surface area (Å²) in [5, 5.41) is 13.4. The van der Waals surface area contributed by atoms with Gasteiger partial charge in [-0.05, 0) is 43.4 Å². The predicted molar refractivity (Wildman–Crippen MR) is 83.4 cm³/mol. The highest BCUT2D eigenvalue weighted by atomic mass is 16.5. The number of aryl methyl sites for hydroxylation is 1. The van der Waals surface area contributed by atoms with E-state index in [0.717, 1.165) is 31.8 Å². The number of aliphatic hydroxyl groups is 1. The van der Waals surface area contributed by atoms with Crippen LogP contribution in [0.3, 0.4) is 0 Å². The standard InChI is InChI=1S/C17H23N3O2/c1-13-5-2-3-7-15(13)9-16-18-17(22-19-16)11-20-8-4-6-14(10-20)12-21/h2-3,5,7,14,21H,4,6,8-12H2,1H3. The molecule has 1 aliphatic rings. The number of aromatic nitrogens is 2. The number of likely N-dealkylation sites (tertiary alicyclic amines) is 1. The number of hydrogen-bond donors (Lipinski definition) is 1. The van der Waals surface area contributed by atoms with Gasteiger partial charge in [-0.3, -0.25) is 4.90 Å². The van der Waals surface area contributed by atoms with E-state index in [1.165, 1.54) is 11.1 Å². The SMILES string of the molecule is Cc1ccccc1Cc1noc(CN2CCCC(CO)C2)n1. The van der Waals surface area contributed by atoms with Gasteiger partial charge < -0.3 is 9.63 Å². The van der Waals surface area contributed by atoms with Crippen molar-refractivity contribution in [1.29, 1.82) is 0 Å². The van der Waals surface area contributed by atoms with Gasteiger partial charge in [-0.15, -0.1) is 0 Å². The molecule has 118 valence electrons. The number of piperidine rings is 1. The lowest BCUT2D eigenvalue weighted by Crippen LogP contribution is -2.36. The second kappa shape index (κ2) is 7.03. The maximum Gasteiger partial charge on any atom is 0.240 e. The third-order valence-electron chi connectivity index (χ3n) is 4.34. The fourth-order valence-corrected chi connectivity index (χ4v) is 3.04. The molecule has 5 nitrogen and oxygen atoms in total. The van der Waals surface area contributed by atoms with Crippen LogP contribution >= 0.6 is 0 Å². The Morgan fingerprint density at radius 1 is 1.36 bits per heavy atom. The van der Waals surface area contributed by atoms with E-state index < -0.39 is 0 Å². The molecule has 22 heavy (non-hydrogen) atoms. The Labute approximate surface area is 131 Å². The van der Waals surface area contributed by atoms with E-state index in [1.807, 2.05) is 12.1 Å². The van der Waals surface area contributed by atoms with Gasteiger partial charge in [-0.1, -0.05) is 29.4 Å². The Kier molecular flexibility index (Phi) is 4.85. The van der Waals surface area contributed by atoms with Crippen molar-refractivity contribution in [2.45, 2.75) is 32.7 Å². The van der Waals surface area contributed by atoms with Crippen LogP contribution in [0.15, 0.2) is 28.8 Å². The van der Waals surface area contributed by atoms with Crippen LogP contribution in [0, 0.1) is 12.8 Å². The molecule has 1 unspecified atom stereocenters. The van der Waals surface area contributed by atoms with Crippen molar-refractivity contribution in [3.05, 3.63) is 47.1 Å². The van der Waals surface area contributed by atoms with Gasteiger partial charge in [-0.2, -0.15) is 4.98 Å². The lowest BCUT2D eigenvalue weighted by Gasteiger charge is -2.30. The largest absolute Gasteiger partial charge is 0.396 e. The summed E-state index contributed by atoms with van der Waals surface area (Å²) in [6, 6.07) is 8.27. The first-order valence-corrected chi connectivity index (χ1v) is 7.94. The topological polar surface area (TPSA) is 62.4 Å². The molecule has 0 spiro atoms. The number of benzene rings is 1. The van der Waals surface area contributed by atoms with E-state index in [1.54, 1.807) is 0 Å². The highest BCUT2D eigenvalue weighted by molar-refractivity contribution is 5.27. The fourth-order valence-electron chi connectivity index (χ4n) is 3.04. The third kappa shape index (κ3) is 3.72. The number of nitrogens with zero attached hydrogens (tertiary/aromatic N) is 3. The van der Waals surface area contributed by atoms with Gasteiger partial charge in [0.1, 0.15) is 0 Å². The maximum absolute atomic E-state index is 9.29. The van der Waals surface area contributed by atoms with E-state index in [-0.39, 0.29) is 6.61 Å². The molecule has 0 aliphatic carbocycles. The summed E-state index contributed by atoms with van der Waals surface area (Å²) in [6.45, 7) is 4.98. The molecule has 1 N–H and O–H groups in total. The monoisotopic (exact) mass is 301 g/mol. The van der Waals surface area contributed by atoms with E-state index in [4.69, 9.17) is 4.52 Å². The van der Waals surface area contributed by atoms with Crippen molar-refractivity contribution in [3.8, 4) is 0 Å². The fraction of sp³-hybridized carbons (Fsp3) is 0.529. The quantitative estimate of drug-likeness (QED) is 0.917. The predicted octanol–water partition coefficient (Wildman–Crippen LogP) is 2.17. The van der Waals surface area contributed by atoms with Gasteiger partial charge >= 0.3 is 0 Å². The maximum atomic E-state index is 9.29. The molecule has 3 rings (SSSR count). The Hall–Kier alpha value is -1.72. The van der Waals surface area contributed by atoms with Gasteiger partial charge in [0.15, 0.2) is 5.82 Å². The summed E-state index contributed by atoms with van der Waals surface area (Å²) < 4.78 is 5.38. The van der Waals surface area contributed by atoms with Crippen molar-refractivity contribution < 1.29 is 9.63 Å². The van der Waals surface area contributed by atoms with E-state index in [9.17, 15) is 5.11 Å². The Balaban J connectivity index is 1.60. The molecule has 0 radical (unpaired) electrons. The molecule has 1 saturated heterocycles. The first-order valence-electron chi connectivity index (χ1n) is 7.94. The molecule has 2 aromatic rings. The first-order chi connectivity index (χ1) is 10.7. The van der Waals surface area contributed by atoms with E-state index >= 15 is 0 Å². The van der Waals surface area contributed by atoms with Crippen molar-refractivity contribution in [2.24, 2.45) is 5.92 Å². The van der Waals surface area contributed by atoms with Crippen LogP contribution in [0.25, 0.3) is 0 Å². The summed E-state index contributed by atoms with van der Waals surface area (Å²) >= 11 is 0. The number of rotatable bonds is 5. The average Bonchev–Trinajstić information content (AvgIpc) is 2.97. The molecule has 1 aromatic carbocycles. The van der Waals surface area contributed by atoms with Gasteiger partial charge in [-0.25, -0.2) is 0 Å². The minimum absolute atomic E-state index is 0.263. The van der Waals surface area contributed by atoms with Gasteiger partial charge in [0, 0.05) is 19.6 Å². The first kappa shape index (κ1) is 15.2. The second-order valence-corrected chi connectivity index (χ2v) is 6.13. The molecule has 1 fully saturated rings. The van der Waals surface area contributed by atoms with Crippen LogP contribution in [-0.4, -0.2) is 39.8 Å². The summed E-state index contributed by atoms with van der Waals surface area (Å²) in [7, 11) is 0. The molecule has 0 amide bonds. The highest BCUT2D eigenvalue weighted by Gasteiger charge is 2.21. The van der Waals surface area contributed by atoms with E-state index in [2.05, 4.69) is 34.1 Å². The molecule has 1 aliphatic heterocycles. The van der Waals surface area contributed by atoms with Crippen LogP contribution in [0.1, 0.15) is 35.7 Å². The molecular formula is C17H23N3O2. The summed E-state index contributed by atoms with van der Waals surface area (Å²) in [5.74, 6) is 1.78. The van der Waals surface area contributed by atoms with Crippen LogP contribution in [0.5, 0.6) is 0 Å². The molecule has 0 bridgehead atoms. The number of hydrogen-bond acceptors (Lipinski definition) is 5. The average molecular weight is 301 g/mol. The molecular weight excluding hydrogens is 278 g/mol. The summed E-state index contributed by atoms with van der Waals surface area (Å²) in [5.41, 5.74) is 2.48. The third-order valence-corrected chi connectivity index (χ3v) is 4.34. The smallest absolute Gasteiger partial charge is 0.240 e. The number of aliphatic hydroxyl groups excluding tert-OH is 1. The molecule has 0 saturated carbocycles. The Morgan fingerprint density at radius 3 is 3.05 bits per heavy atom. The van der Waals surface area contributed by atoms with Crippen molar-refractivity contribution in [3.63, 3.8) is 0 Å². The lowest BCUT2D eigenvalue weighted by atomic mass is 9.99. The van der Waals surface area contributed by atoms with E-state index in [0.29, 0.717) is 24.8 Å². The molecule has 1 atom stereocenters. The van der Waals surface area contributed by atoms with Crippen molar-refractivity contribution in [1.82, 2.24) is 15.0 Å². The zero-order chi connectivity index (χ0) is 15.4. The molecule has 5 heteroatoms. The Bertz CT molecular complexity index is 611. The minimum Gasteiger partial charge on any atom is -0.396 e. The zero-order valence-corrected chi connectivity index (χ0v) is 13.0. The molecule has 1 aromatic heterocycles. The molecule has 2 heterocycles. The normalized spacial score (nSPS) is 19.5. The zero-order valence-electron chi connectivity index (χ0n) is 13.0. The van der Waals surface area contributed by atoms with Crippen molar-refractivity contribution in [2.75, 3.05) is 19.7 Å². The van der Waals surface area contributed by atoms with Gasteiger partial charge in [0.25, 0.3) is 0 Å². The lowest BCUT2D eigenvalue weighted by molar-refractivity contribution is 0.107. The van der Waals surface area contributed by atoms with Crippen molar-refractivity contribution >= 4 is 0 Å². The van der Waals surface area contributed by atoms with Crippen LogP contribution in [0.2, 0.25) is 0 Å². The van der Waals surface area contributed by atoms with Crippen LogP contribution < -0.4 is 0 Å². The Morgan fingerprint density at radius 2 is 2.23 bits per heavy atom. The van der Waals surface area contributed by atoms with Crippen LogP contribution in [0.4, 0.5) is 0 Å². The summed E-state index contributed by atoms with van der Waals surface area (Å²) in [6.07, 6.45) is 2.93. The van der Waals surface area contributed by atoms with Crippen LogP contribution in [-0.2, 0) is 13.0 Å². The van der Waals surface area contributed by atoms with Gasteiger partial charge in [0.05, 0.1) is 6.54 Å². The highest BCUT2D eigenvalue weighted by Crippen LogP contribution is 2.18. The second-order valence-electron chi connectivity index (χ2n) is 6.13.